The first kappa shape index (κ1) is 12.0. The molecule has 0 aliphatic carbocycles. The zero-order chi connectivity index (χ0) is 14.4. The first-order valence-corrected chi connectivity index (χ1v) is 6.82. The average Bonchev–Trinajstić information content (AvgIpc) is 2.99. The van der Waals surface area contributed by atoms with Gasteiger partial charge >= 0.3 is 0 Å². The summed E-state index contributed by atoms with van der Waals surface area (Å²) in [7, 11) is 1.79. The molecule has 4 aromatic rings. The Labute approximate surface area is 121 Å². The van der Waals surface area contributed by atoms with Crippen LogP contribution in [-0.2, 0) is 7.05 Å². The van der Waals surface area contributed by atoms with Crippen LogP contribution in [-0.4, -0.2) is 4.57 Å². The summed E-state index contributed by atoms with van der Waals surface area (Å²) in [6, 6.07) is 19.5. The van der Waals surface area contributed by atoms with Gasteiger partial charge in [0.15, 0.2) is 0 Å². The molecular formula is C18H13NO2. The molecule has 0 bridgehead atoms. The van der Waals surface area contributed by atoms with E-state index in [1.165, 1.54) is 0 Å². The molecule has 102 valence electrons. The molecule has 3 heteroatoms. The monoisotopic (exact) mass is 275 g/mol. The fourth-order valence-electron chi connectivity index (χ4n) is 2.74. The maximum absolute atomic E-state index is 12.5. The van der Waals surface area contributed by atoms with E-state index in [2.05, 4.69) is 0 Å². The van der Waals surface area contributed by atoms with Gasteiger partial charge in [0.25, 0.3) is 5.56 Å². The van der Waals surface area contributed by atoms with Crippen molar-refractivity contribution >= 4 is 21.9 Å². The van der Waals surface area contributed by atoms with Crippen molar-refractivity contribution in [3.8, 4) is 11.3 Å². The van der Waals surface area contributed by atoms with Crippen LogP contribution in [0.5, 0.6) is 0 Å². The van der Waals surface area contributed by atoms with Gasteiger partial charge in [0.2, 0.25) is 0 Å². The molecule has 21 heavy (non-hydrogen) atoms. The molecule has 0 aliphatic heterocycles. The normalized spacial score (nSPS) is 11.3. The van der Waals surface area contributed by atoms with Gasteiger partial charge in [0, 0.05) is 18.0 Å². The molecule has 2 heterocycles. The van der Waals surface area contributed by atoms with Crippen LogP contribution in [0, 0.1) is 0 Å². The molecule has 0 N–H and O–H groups in total. The first-order chi connectivity index (χ1) is 10.3. The number of pyridine rings is 1. The van der Waals surface area contributed by atoms with Gasteiger partial charge in [0.05, 0.1) is 10.9 Å². The molecule has 0 fully saturated rings. The number of rotatable bonds is 1. The molecule has 0 aliphatic rings. The molecule has 4 rings (SSSR count). The molecule has 3 nitrogen and oxygen atoms in total. The predicted molar refractivity (Wildman–Crippen MR) is 84.4 cm³/mol. The summed E-state index contributed by atoms with van der Waals surface area (Å²) in [5.74, 6) is 0.721. The summed E-state index contributed by atoms with van der Waals surface area (Å²) in [6.45, 7) is 0. The summed E-state index contributed by atoms with van der Waals surface area (Å²) in [5, 5.41) is 1.58. The van der Waals surface area contributed by atoms with Crippen molar-refractivity contribution in [2.24, 2.45) is 7.05 Å². The van der Waals surface area contributed by atoms with Gasteiger partial charge in [-0.25, -0.2) is 0 Å². The van der Waals surface area contributed by atoms with E-state index in [0.29, 0.717) is 11.0 Å². The smallest absolute Gasteiger partial charge is 0.261 e. The number of aromatic nitrogens is 1. The molecule has 0 unspecified atom stereocenters. The van der Waals surface area contributed by atoms with Gasteiger partial charge < -0.3 is 8.98 Å². The standard InChI is InChI=1S/C18H13NO2/c1-19-15-10-6-5-9-13(15)17-14(18(19)20)11-16(21-17)12-7-3-2-4-8-12/h2-11H,1H3. The van der Waals surface area contributed by atoms with Crippen LogP contribution in [0.15, 0.2) is 69.9 Å². The van der Waals surface area contributed by atoms with E-state index in [1.54, 1.807) is 11.6 Å². The minimum absolute atomic E-state index is 0.0327. The summed E-state index contributed by atoms with van der Waals surface area (Å²) in [6.07, 6.45) is 0. The zero-order valence-electron chi connectivity index (χ0n) is 11.5. The van der Waals surface area contributed by atoms with Crippen LogP contribution in [0.4, 0.5) is 0 Å². The Bertz CT molecular complexity index is 1010. The minimum Gasteiger partial charge on any atom is -0.455 e. The lowest BCUT2D eigenvalue weighted by Gasteiger charge is -2.04. The lowest BCUT2D eigenvalue weighted by molar-refractivity contribution is 0.634. The molecule has 2 aromatic heterocycles. The van der Waals surface area contributed by atoms with Gasteiger partial charge in [-0.3, -0.25) is 4.79 Å². The van der Waals surface area contributed by atoms with Crippen molar-refractivity contribution in [3.63, 3.8) is 0 Å². The third-order valence-corrected chi connectivity index (χ3v) is 3.84. The van der Waals surface area contributed by atoms with Crippen LogP contribution in [0.3, 0.4) is 0 Å². The largest absolute Gasteiger partial charge is 0.455 e. The number of nitrogens with zero attached hydrogens (tertiary/aromatic N) is 1. The van der Waals surface area contributed by atoms with Gasteiger partial charge in [-0.05, 0) is 18.2 Å². The second kappa shape index (κ2) is 4.35. The van der Waals surface area contributed by atoms with Crippen molar-refractivity contribution in [3.05, 3.63) is 71.0 Å². The number of furan rings is 1. The second-order valence-corrected chi connectivity index (χ2v) is 5.10. The van der Waals surface area contributed by atoms with Gasteiger partial charge in [-0.1, -0.05) is 42.5 Å². The van der Waals surface area contributed by atoms with Crippen LogP contribution in [0.25, 0.3) is 33.2 Å². The Hall–Kier alpha value is -2.81. The third-order valence-electron chi connectivity index (χ3n) is 3.84. The lowest BCUT2D eigenvalue weighted by Crippen LogP contribution is -2.16. The molecule has 2 aromatic carbocycles. The topological polar surface area (TPSA) is 35.1 Å². The fourth-order valence-corrected chi connectivity index (χ4v) is 2.74. The van der Waals surface area contributed by atoms with E-state index in [-0.39, 0.29) is 5.56 Å². The van der Waals surface area contributed by atoms with Crippen LogP contribution in [0.2, 0.25) is 0 Å². The SMILES string of the molecule is Cn1c(=O)c2cc(-c3ccccc3)oc2c2ccccc21. The number of benzene rings is 2. The molecule has 0 radical (unpaired) electrons. The number of hydrogen-bond donors (Lipinski definition) is 0. The number of para-hydroxylation sites is 1. The Balaban J connectivity index is 2.15. The highest BCUT2D eigenvalue weighted by molar-refractivity contribution is 6.03. The van der Waals surface area contributed by atoms with Gasteiger partial charge in [0.1, 0.15) is 11.3 Å². The maximum Gasteiger partial charge on any atom is 0.261 e. The van der Waals surface area contributed by atoms with Gasteiger partial charge in [-0.2, -0.15) is 0 Å². The maximum atomic E-state index is 12.5. The Morgan fingerprint density at radius 1 is 0.905 bits per heavy atom. The van der Waals surface area contributed by atoms with E-state index in [4.69, 9.17) is 4.42 Å². The van der Waals surface area contributed by atoms with E-state index in [9.17, 15) is 4.79 Å². The number of hydrogen-bond acceptors (Lipinski definition) is 2. The number of aryl methyl sites for hydroxylation is 1. The van der Waals surface area contributed by atoms with Gasteiger partial charge in [-0.15, -0.1) is 0 Å². The molecular weight excluding hydrogens is 262 g/mol. The highest BCUT2D eigenvalue weighted by atomic mass is 16.3. The molecule has 0 spiro atoms. The van der Waals surface area contributed by atoms with Crippen molar-refractivity contribution in [1.82, 2.24) is 4.57 Å². The second-order valence-electron chi connectivity index (χ2n) is 5.10. The van der Waals surface area contributed by atoms with Crippen LogP contribution < -0.4 is 5.56 Å². The third kappa shape index (κ3) is 1.71. The average molecular weight is 275 g/mol. The summed E-state index contributed by atoms with van der Waals surface area (Å²) in [4.78, 5) is 12.5. The quantitative estimate of drug-likeness (QED) is 0.527. The zero-order valence-corrected chi connectivity index (χ0v) is 11.5. The minimum atomic E-state index is -0.0327. The van der Waals surface area contributed by atoms with Crippen LogP contribution >= 0.6 is 0 Å². The molecule has 0 amide bonds. The molecule has 0 saturated heterocycles. The van der Waals surface area contributed by atoms with E-state index in [0.717, 1.165) is 22.2 Å². The Kier molecular flexibility index (Phi) is 2.48. The van der Waals surface area contributed by atoms with Crippen LogP contribution in [0.1, 0.15) is 0 Å². The predicted octanol–water partition coefficient (Wildman–Crippen LogP) is 3.95. The van der Waals surface area contributed by atoms with E-state index < -0.39 is 0 Å². The van der Waals surface area contributed by atoms with Crippen molar-refractivity contribution < 1.29 is 4.42 Å². The van der Waals surface area contributed by atoms with E-state index >= 15 is 0 Å². The highest BCUT2D eigenvalue weighted by Gasteiger charge is 2.14. The molecule has 0 saturated carbocycles. The summed E-state index contributed by atoms with van der Waals surface area (Å²) in [5.41, 5.74) is 2.48. The molecule has 0 atom stereocenters. The Morgan fingerprint density at radius 2 is 1.62 bits per heavy atom. The Morgan fingerprint density at radius 3 is 2.43 bits per heavy atom. The number of fused-ring (bicyclic) bond motifs is 3. The first-order valence-electron chi connectivity index (χ1n) is 6.82. The van der Waals surface area contributed by atoms with Crippen molar-refractivity contribution in [1.29, 1.82) is 0 Å². The fraction of sp³-hybridized carbons (Fsp3) is 0.0556. The van der Waals surface area contributed by atoms with Crippen molar-refractivity contribution in [2.75, 3.05) is 0 Å². The summed E-state index contributed by atoms with van der Waals surface area (Å²) >= 11 is 0. The van der Waals surface area contributed by atoms with Crippen molar-refractivity contribution in [2.45, 2.75) is 0 Å². The van der Waals surface area contributed by atoms with E-state index in [1.807, 2.05) is 60.7 Å². The summed E-state index contributed by atoms with van der Waals surface area (Å²) < 4.78 is 7.66. The lowest BCUT2D eigenvalue weighted by atomic mass is 10.1. The highest BCUT2D eigenvalue weighted by Crippen LogP contribution is 2.30.